The van der Waals surface area contributed by atoms with E-state index in [2.05, 4.69) is 173 Å². The molecule has 0 aliphatic rings. The molecule has 6 aromatic carbocycles. The maximum absolute atomic E-state index is 5.17. The van der Waals surface area contributed by atoms with Crippen LogP contribution in [0.1, 0.15) is 0 Å². The van der Waals surface area contributed by atoms with E-state index in [4.69, 9.17) is 4.98 Å². The number of pyridine rings is 1. The van der Waals surface area contributed by atoms with Crippen LogP contribution in [0.4, 0.5) is 0 Å². The molecule has 0 N–H and O–H groups in total. The molecule has 3 heteroatoms. The van der Waals surface area contributed by atoms with Gasteiger partial charge in [-0.15, -0.1) is 0 Å². The molecule has 0 spiro atoms. The first-order chi connectivity index (χ1) is 21.8. The summed E-state index contributed by atoms with van der Waals surface area (Å²) in [6.07, 6.45) is 2.17. The summed E-state index contributed by atoms with van der Waals surface area (Å²) >= 11 is 0. The molecule has 206 valence electrons. The third-order valence-corrected chi connectivity index (χ3v) is 8.70. The number of hydrogen-bond donors (Lipinski definition) is 0. The number of fused-ring (bicyclic) bond motifs is 6. The quantitative estimate of drug-likeness (QED) is 0.210. The minimum atomic E-state index is 0.952. The number of nitrogens with zero attached hydrogens (tertiary/aromatic N) is 3. The van der Waals surface area contributed by atoms with Crippen molar-refractivity contribution < 1.29 is 0 Å². The highest BCUT2D eigenvalue weighted by Gasteiger charge is 2.18. The number of hydrogen-bond acceptors (Lipinski definition) is 1. The molecule has 0 bridgehead atoms. The topological polar surface area (TPSA) is 22.8 Å². The van der Waals surface area contributed by atoms with Crippen molar-refractivity contribution in [3.05, 3.63) is 164 Å². The highest BCUT2D eigenvalue weighted by atomic mass is 15.0. The Morgan fingerprint density at radius 1 is 0.409 bits per heavy atom. The summed E-state index contributed by atoms with van der Waals surface area (Å²) in [6, 6.07) is 56.2. The van der Waals surface area contributed by atoms with Gasteiger partial charge in [0.05, 0.1) is 33.6 Å². The van der Waals surface area contributed by atoms with Crippen molar-refractivity contribution in [1.82, 2.24) is 14.1 Å². The second-order valence-corrected chi connectivity index (χ2v) is 11.3. The van der Waals surface area contributed by atoms with Crippen molar-refractivity contribution >= 4 is 43.5 Å². The standard InChI is InChI=1S/C41H27N3/c1-4-12-28(13-5-1)37-25-33(26-38(42-37)29-14-6-2-7-15-29)44-39-19-11-10-18-34(39)35-21-20-30-24-31-22-23-43(32-16-8-3-9-17-32)40(31)27-36(30)41(35)44/h1-27H. The molecule has 0 saturated carbocycles. The number of para-hydroxylation sites is 2. The monoisotopic (exact) mass is 561 g/mol. The van der Waals surface area contributed by atoms with Gasteiger partial charge >= 0.3 is 0 Å². The van der Waals surface area contributed by atoms with Gasteiger partial charge in [-0.1, -0.05) is 109 Å². The fraction of sp³-hybridized carbons (Fsp3) is 0. The molecular formula is C41H27N3. The van der Waals surface area contributed by atoms with Crippen LogP contribution in [0.2, 0.25) is 0 Å². The Morgan fingerprint density at radius 2 is 1.05 bits per heavy atom. The lowest BCUT2D eigenvalue weighted by molar-refractivity contribution is 1.13. The SMILES string of the molecule is c1ccc(-c2cc(-n3c4ccccc4c4ccc5cc6ccn(-c7ccccc7)c6cc5c43)cc(-c3ccccc3)n2)cc1. The van der Waals surface area contributed by atoms with Crippen LogP contribution in [-0.2, 0) is 0 Å². The highest BCUT2D eigenvalue weighted by Crippen LogP contribution is 2.39. The summed E-state index contributed by atoms with van der Waals surface area (Å²) in [5.41, 5.74) is 9.92. The molecule has 0 aliphatic carbocycles. The predicted octanol–water partition coefficient (Wildman–Crippen LogP) is 10.6. The Morgan fingerprint density at radius 3 is 1.75 bits per heavy atom. The van der Waals surface area contributed by atoms with E-state index < -0.39 is 0 Å². The first-order valence-corrected chi connectivity index (χ1v) is 15.0. The van der Waals surface area contributed by atoms with Gasteiger partial charge in [-0.2, -0.15) is 0 Å². The van der Waals surface area contributed by atoms with Gasteiger partial charge in [-0.3, -0.25) is 0 Å². The van der Waals surface area contributed by atoms with Crippen molar-refractivity contribution in [2.24, 2.45) is 0 Å². The van der Waals surface area contributed by atoms with Crippen molar-refractivity contribution in [3.8, 4) is 33.9 Å². The highest BCUT2D eigenvalue weighted by molar-refractivity contribution is 6.20. The van der Waals surface area contributed by atoms with Gasteiger partial charge in [0.25, 0.3) is 0 Å². The van der Waals surface area contributed by atoms with Crippen LogP contribution in [0, 0.1) is 0 Å². The summed E-state index contributed by atoms with van der Waals surface area (Å²) < 4.78 is 4.73. The number of benzene rings is 6. The molecular weight excluding hydrogens is 534 g/mol. The number of aromatic nitrogens is 3. The fourth-order valence-corrected chi connectivity index (χ4v) is 6.66. The minimum absolute atomic E-state index is 0.952. The zero-order valence-corrected chi connectivity index (χ0v) is 23.9. The van der Waals surface area contributed by atoms with Crippen molar-refractivity contribution in [3.63, 3.8) is 0 Å². The van der Waals surface area contributed by atoms with E-state index in [-0.39, 0.29) is 0 Å². The van der Waals surface area contributed by atoms with Crippen LogP contribution < -0.4 is 0 Å². The lowest BCUT2D eigenvalue weighted by atomic mass is 10.0. The van der Waals surface area contributed by atoms with Crippen LogP contribution in [-0.4, -0.2) is 14.1 Å². The van der Waals surface area contributed by atoms with E-state index in [0.717, 1.165) is 33.9 Å². The molecule has 9 aromatic rings. The predicted molar refractivity (Wildman–Crippen MR) is 184 cm³/mol. The van der Waals surface area contributed by atoms with Gasteiger partial charge in [0.15, 0.2) is 0 Å². The van der Waals surface area contributed by atoms with Gasteiger partial charge in [-0.05, 0) is 53.9 Å². The average molecular weight is 562 g/mol. The molecule has 0 radical (unpaired) electrons. The Labute approximate surface area is 254 Å². The summed E-state index contributed by atoms with van der Waals surface area (Å²) in [5.74, 6) is 0. The molecule has 0 unspecified atom stereocenters. The smallest absolute Gasteiger partial charge is 0.0730 e. The summed E-state index contributed by atoms with van der Waals surface area (Å²) in [6.45, 7) is 0. The zero-order chi connectivity index (χ0) is 29.0. The average Bonchev–Trinajstić information content (AvgIpc) is 3.67. The molecule has 44 heavy (non-hydrogen) atoms. The van der Waals surface area contributed by atoms with Gasteiger partial charge in [0.1, 0.15) is 0 Å². The summed E-state index contributed by atoms with van der Waals surface area (Å²) in [5, 5.41) is 6.15. The molecule has 0 atom stereocenters. The molecule has 0 fully saturated rings. The van der Waals surface area contributed by atoms with Crippen LogP contribution in [0.15, 0.2) is 164 Å². The Hall–Kier alpha value is -5.93. The normalized spacial score (nSPS) is 11.6. The van der Waals surface area contributed by atoms with E-state index in [1.54, 1.807) is 0 Å². The van der Waals surface area contributed by atoms with Gasteiger partial charge in [-0.25, -0.2) is 4.98 Å². The first kappa shape index (κ1) is 24.6. The van der Waals surface area contributed by atoms with Crippen LogP contribution in [0.5, 0.6) is 0 Å². The van der Waals surface area contributed by atoms with Gasteiger partial charge in [0.2, 0.25) is 0 Å². The maximum atomic E-state index is 5.17. The van der Waals surface area contributed by atoms with E-state index in [9.17, 15) is 0 Å². The summed E-state index contributed by atoms with van der Waals surface area (Å²) in [4.78, 5) is 5.17. The minimum Gasteiger partial charge on any atom is -0.317 e. The second kappa shape index (κ2) is 9.82. The lowest BCUT2D eigenvalue weighted by Gasteiger charge is -2.14. The van der Waals surface area contributed by atoms with Crippen molar-refractivity contribution in [2.45, 2.75) is 0 Å². The van der Waals surface area contributed by atoms with Gasteiger partial charge < -0.3 is 9.13 Å². The largest absolute Gasteiger partial charge is 0.317 e. The third-order valence-electron chi connectivity index (χ3n) is 8.70. The maximum Gasteiger partial charge on any atom is 0.0730 e. The molecule has 3 heterocycles. The molecule has 3 aromatic heterocycles. The van der Waals surface area contributed by atoms with Crippen molar-refractivity contribution in [1.29, 1.82) is 0 Å². The zero-order valence-electron chi connectivity index (χ0n) is 23.9. The van der Waals surface area contributed by atoms with E-state index in [1.165, 1.54) is 43.5 Å². The molecule has 0 amide bonds. The second-order valence-electron chi connectivity index (χ2n) is 11.3. The van der Waals surface area contributed by atoms with Crippen LogP contribution in [0.25, 0.3) is 77.4 Å². The molecule has 0 saturated heterocycles. The van der Waals surface area contributed by atoms with E-state index in [0.29, 0.717) is 0 Å². The Bertz CT molecular complexity index is 2410. The third kappa shape index (κ3) is 3.87. The Kier molecular flexibility index (Phi) is 5.50. The fourth-order valence-electron chi connectivity index (χ4n) is 6.66. The summed E-state index contributed by atoms with van der Waals surface area (Å²) in [7, 11) is 0. The Balaban J connectivity index is 1.40. The molecule has 3 nitrogen and oxygen atoms in total. The lowest BCUT2D eigenvalue weighted by Crippen LogP contribution is -1.99. The van der Waals surface area contributed by atoms with Crippen LogP contribution >= 0.6 is 0 Å². The first-order valence-electron chi connectivity index (χ1n) is 15.0. The molecule has 9 rings (SSSR count). The van der Waals surface area contributed by atoms with E-state index in [1.807, 2.05) is 0 Å². The molecule has 0 aliphatic heterocycles. The van der Waals surface area contributed by atoms with Gasteiger partial charge in [0, 0.05) is 44.6 Å². The van der Waals surface area contributed by atoms with Crippen molar-refractivity contribution in [2.75, 3.05) is 0 Å². The van der Waals surface area contributed by atoms with Crippen LogP contribution in [0.3, 0.4) is 0 Å². The van der Waals surface area contributed by atoms with E-state index >= 15 is 0 Å². The number of rotatable bonds is 4.